The second-order valence-electron chi connectivity index (χ2n) is 5.25. The molecule has 7 heteroatoms. The van der Waals surface area contributed by atoms with Crippen LogP contribution in [0.2, 0.25) is 0 Å². The molecule has 0 bridgehead atoms. The Morgan fingerprint density at radius 1 is 1.48 bits per heavy atom. The summed E-state index contributed by atoms with van der Waals surface area (Å²) in [4.78, 5) is 27.5. The van der Waals surface area contributed by atoms with Crippen LogP contribution in [-0.2, 0) is 4.79 Å². The Kier molecular flexibility index (Phi) is 7.73. The van der Waals surface area contributed by atoms with Crippen molar-refractivity contribution in [2.45, 2.75) is 50.6 Å². The molecule has 3 unspecified atom stereocenters. The molecule has 0 aromatic carbocycles. The number of carbonyl (C=O) groups is 2. The number of nitrogens with zero attached hydrogens (tertiary/aromatic N) is 2. The Morgan fingerprint density at radius 3 is 2.62 bits per heavy atom. The third kappa shape index (κ3) is 4.45. The number of thioether (sulfide) groups is 2. The van der Waals surface area contributed by atoms with Gasteiger partial charge in [-0.15, -0.1) is 11.8 Å². The zero-order valence-electron chi connectivity index (χ0n) is 13.2. The van der Waals surface area contributed by atoms with Gasteiger partial charge in [-0.2, -0.15) is 11.8 Å². The highest BCUT2D eigenvalue weighted by Gasteiger charge is 2.42. The first-order valence-electron chi connectivity index (χ1n) is 7.36. The molecular formula is C14H26N2O3S2. The number of aliphatic carboxylic acids is 1. The van der Waals surface area contributed by atoms with Gasteiger partial charge in [0, 0.05) is 24.6 Å². The number of hydrogen-bond acceptors (Lipinski definition) is 4. The number of hydrogen-bond donors (Lipinski definition) is 1. The Morgan fingerprint density at radius 2 is 2.14 bits per heavy atom. The summed E-state index contributed by atoms with van der Waals surface area (Å²) >= 11 is 3.29. The summed E-state index contributed by atoms with van der Waals surface area (Å²) in [6.45, 7) is 4.12. The van der Waals surface area contributed by atoms with Crippen molar-refractivity contribution in [2.24, 2.45) is 0 Å². The smallest absolute Gasteiger partial charge is 0.327 e. The van der Waals surface area contributed by atoms with Crippen molar-refractivity contribution in [3.8, 4) is 0 Å². The lowest BCUT2D eigenvalue weighted by Gasteiger charge is -2.35. The molecule has 1 aliphatic rings. The van der Waals surface area contributed by atoms with Crippen LogP contribution >= 0.6 is 23.5 Å². The van der Waals surface area contributed by atoms with E-state index in [1.165, 1.54) is 0 Å². The van der Waals surface area contributed by atoms with Gasteiger partial charge in [0.05, 0.1) is 5.37 Å². The quantitative estimate of drug-likeness (QED) is 0.776. The molecule has 2 amide bonds. The summed E-state index contributed by atoms with van der Waals surface area (Å²) < 4.78 is 0. The first-order valence-corrected chi connectivity index (χ1v) is 9.80. The van der Waals surface area contributed by atoms with E-state index in [1.54, 1.807) is 40.4 Å². The predicted molar refractivity (Wildman–Crippen MR) is 90.0 cm³/mol. The number of carbonyl (C=O) groups excluding carboxylic acids is 1. The van der Waals surface area contributed by atoms with Gasteiger partial charge in [0.15, 0.2) is 0 Å². The standard InChI is InChI=1S/C14H26N2O3S2/c1-5-7-12-16(11(9-21-12)13(17)18)14(19)15(3)10(6-2)8-20-4/h10-12H,5-9H2,1-4H3,(H,17,18). The number of amides is 2. The summed E-state index contributed by atoms with van der Waals surface area (Å²) in [5.74, 6) is 0.454. The maximum absolute atomic E-state index is 12.8. The normalized spacial score (nSPS) is 23.1. The fourth-order valence-electron chi connectivity index (χ4n) is 2.51. The van der Waals surface area contributed by atoms with Gasteiger partial charge in [-0.25, -0.2) is 9.59 Å². The van der Waals surface area contributed by atoms with Gasteiger partial charge in [-0.1, -0.05) is 20.3 Å². The van der Waals surface area contributed by atoms with E-state index in [0.29, 0.717) is 5.75 Å². The fraction of sp³-hybridized carbons (Fsp3) is 0.857. The summed E-state index contributed by atoms with van der Waals surface area (Å²) in [7, 11) is 1.79. The van der Waals surface area contributed by atoms with Gasteiger partial charge in [-0.05, 0) is 19.1 Å². The van der Waals surface area contributed by atoms with Crippen LogP contribution in [0.15, 0.2) is 0 Å². The highest BCUT2D eigenvalue weighted by molar-refractivity contribution is 8.00. The Hall–Kier alpha value is -0.560. The Bertz CT molecular complexity index is 368. The largest absolute Gasteiger partial charge is 0.480 e. The molecule has 1 fully saturated rings. The second-order valence-corrected chi connectivity index (χ2v) is 7.37. The van der Waals surface area contributed by atoms with Crippen LogP contribution in [0.1, 0.15) is 33.1 Å². The van der Waals surface area contributed by atoms with Crippen LogP contribution in [0.4, 0.5) is 4.79 Å². The molecule has 1 heterocycles. The molecule has 0 aromatic heterocycles. The fourth-order valence-corrected chi connectivity index (χ4v) is 4.87. The molecule has 122 valence electrons. The minimum absolute atomic E-state index is 0.0159. The van der Waals surface area contributed by atoms with Crippen molar-refractivity contribution < 1.29 is 14.7 Å². The lowest BCUT2D eigenvalue weighted by Crippen LogP contribution is -2.53. The molecule has 5 nitrogen and oxygen atoms in total. The van der Waals surface area contributed by atoms with Crippen LogP contribution in [0.25, 0.3) is 0 Å². The van der Waals surface area contributed by atoms with E-state index in [1.807, 2.05) is 6.26 Å². The van der Waals surface area contributed by atoms with E-state index in [9.17, 15) is 14.7 Å². The molecule has 1 N–H and O–H groups in total. The maximum atomic E-state index is 12.8. The first-order chi connectivity index (χ1) is 9.97. The van der Waals surface area contributed by atoms with Crippen molar-refractivity contribution in [3.05, 3.63) is 0 Å². The number of carboxylic acid groups (broad SMARTS) is 1. The molecule has 1 saturated heterocycles. The molecule has 0 aliphatic carbocycles. The molecule has 3 atom stereocenters. The second kappa shape index (κ2) is 8.78. The molecular weight excluding hydrogens is 308 g/mol. The summed E-state index contributed by atoms with van der Waals surface area (Å²) in [5.41, 5.74) is 0. The van der Waals surface area contributed by atoms with Crippen molar-refractivity contribution in [3.63, 3.8) is 0 Å². The van der Waals surface area contributed by atoms with E-state index in [-0.39, 0.29) is 17.4 Å². The van der Waals surface area contributed by atoms with E-state index < -0.39 is 12.0 Å². The number of urea groups is 1. The van der Waals surface area contributed by atoms with Gasteiger partial charge >= 0.3 is 12.0 Å². The van der Waals surface area contributed by atoms with E-state index in [4.69, 9.17) is 0 Å². The Balaban J connectivity index is 2.89. The van der Waals surface area contributed by atoms with Crippen LogP contribution < -0.4 is 0 Å². The summed E-state index contributed by atoms with van der Waals surface area (Å²) in [5, 5.41) is 9.35. The van der Waals surface area contributed by atoms with Crippen molar-refractivity contribution in [2.75, 3.05) is 24.8 Å². The van der Waals surface area contributed by atoms with Gasteiger partial charge < -0.3 is 10.0 Å². The molecule has 1 aliphatic heterocycles. The zero-order chi connectivity index (χ0) is 16.0. The Labute approximate surface area is 135 Å². The molecule has 0 spiro atoms. The van der Waals surface area contributed by atoms with Crippen LogP contribution in [0.5, 0.6) is 0 Å². The van der Waals surface area contributed by atoms with Gasteiger partial charge in [0.1, 0.15) is 6.04 Å². The highest BCUT2D eigenvalue weighted by Crippen LogP contribution is 2.33. The number of carboxylic acids is 1. The highest BCUT2D eigenvalue weighted by atomic mass is 32.2. The van der Waals surface area contributed by atoms with Crippen molar-refractivity contribution >= 4 is 35.5 Å². The maximum Gasteiger partial charge on any atom is 0.327 e. The third-order valence-electron chi connectivity index (χ3n) is 3.81. The van der Waals surface area contributed by atoms with Crippen LogP contribution in [0, 0.1) is 0 Å². The lowest BCUT2D eigenvalue weighted by atomic mass is 10.2. The lowest BCUT2D eigenvalue weighted by molar-refractivity contribution is -0.141. The molecule has 0 radical (unpaired) electrons. The molecule has 0 saturated carbocycles. The van der Waals surface area contributed by atoms with Crippen LogP contribution in [0.3, 0.4) is 0 Å². The van der Waals surface area contributed by atoms with Gasteiger partial charge in [0.25, 0.3) is 0 Å². The molecule has 1 rings (SSSR count). The molecule has 0 aromatic rings. The van der Waals surface area contributed by atoms with Gasteiger partial charge in [-0.3, -0.25) is 4.90 Å². The minimum Gasteiger partial charge on any atom is -0.480 e. The average molecular weight is 335 g/mol. The summed E-state index contributed by atoms with van der Waals surface area (Å²) in [6, 6.07) is -0.699. The topological polar surface area (TPSA) is 60.9 Å². The van der Waals surface area contributed by atoms with E-state index in [0.717, 1.165) is 25.0 Å². The van der Waals surface area contributed by atoms with Crippen LogP contribution in [-0.4, -0.2) is 69.2 Å². The van der Waals surface area contributed by atoms with Gasteiger partial charge in [0.2, 0.25) is 0 Å². The van der Waals surface area contributed by atoms with Crippen molar-refractivity contribution in [1.82, 2.24) is 9.80 Å². The van der Waals surface area contributed by atoms with E-state index >= 15 is 0 Å². The average Bonchev–Trinajstić information content (AvgIpc) is 2.87. The minimum atomic E-state index is -0.902. The van der Waals surface area contributed by atoms with E-state index in [2.05, 4.69) is 13.8 Å². The number of rotatable bonds is 7. The third-order valence-corrected chi connectivity index (χ3v) is 5.89. The SMILES string of the molecule is CCCC1SCC(C(=O)O)N1C(=O)N(C)C(CC)CSC. The first kappa shape index (κ1) is 18.5. The monoisotopic (exact) mass is 334 g/mol. The summed E-state index contributed by atoms with van der Waals surface area (Å²) in [6.07, 6.45) is 4.68. The van der Waals surface area contributed by atoms with Crippen molar-refractivity contribution in [1.29, 1.82) is 0 Å². The molecule has 21 heavy (non-hydrogen) atoms. The zero-order valence-corrected chi connectivity index (χ0v) is 14.9. The predicted octanol–water partition coefficient (Wildman–Crippen LogP) is 2.81.